The van der Waals surface area contributed by atoms with Crippen LogP contribution in [0.1, 0.15) is 24.2 Å². The Morgan fingerprint density at radius 1 is 1.40 bits per heavy atom. The number of rotatable bonds is 4. The predicted octanol–water partition coefficient (Wildman–Crippen LogP) is 3.37. The van der Waals surface area contributed by atoms with Gasteiger partial charge in [0.05, 0.1) is 0 Å². The van der Waals surface area contributed by atoms with Gasteiger partial charge in [-0.15, -0.1) is 0 Å². The topological polar surface area (TPSA) is 29.1 Å². The number of halogens is 1. The Bertz CT molecular complexity index is 324. The van der Waals surface area contributed by atoms with Crippen molar-refractivity contribution in [2.24, 2.45) is 5.92 Å². The molecule has 1 N–H and O–H groups in total. The lowest BCUT2D eigenvalue weighted by Crippen LogP contribution is -2.17. The molecular weight excluding hydrogens is 230 g/mol. The van der Waals surface area contributed by atoms with E-state index in [1.165, 1.54) is 11.9 Å². The Morgan fingerprint density at radius 3 is 2.53 bits per heavy atom. The summed E-state index contributed by atoms with van der Waals surface area (Å²) >= 11 is 7.16. The highest BCUT2D eigenvalue weighted by Crippen LogP contribution is 2.11. The van der Waals surface area contributed by atoms with E-state index in [2.05, 4.69) is 18.6 Å². The molecule has 0 spiro atoms. The lowest BCUT2D eigenvalue weighted by Gasteiger charge is -2.06. The molecule has 0 saturated heterocycles. The van der Waals surface area contributed by atoms with Crippen molar-refractivity contribution in [1.82, 2.24) is 4.72 Å². The molecular formula is C11H14ClNOS. The van der Waals surface area contributed by atoms with E-state index in [1.54, 1.807) is 24.3 Å². The van der Waals surface area contributed by atoms with E-state index in [-0.39, 0.29) is 5.91 Å². The lowest BCUT2D eigenvalue weighted by atomic mass is 10.2. The molecule has 15 heavy (non-hydrogen) atoms. The standard InChI is InChI=1S/C11H14ClNOS/c1-8(2)7-15-13-11(14)9-3-5-10(12)6-4-9/h3-6,8H,7H2,1-2H3,(H,13,14). The molecule has 0 bridgehead atoms. The first-order valence-corrected chi connectivity index (χ1v) is 6.13. The van der Waals surface area contributed by atoms with Crippen molar-refractivity contribution in [1.29, 1.82) is 0 Å². The molecule has 0 atom stereocenters. The largest absolute Gasteiger partial charge is 0.296 e. The fourth-order valence-electron chi connectivity index (χ4n) is 0.934. The summed E-state index contributed by atoms with van der Waals surface area (Å²) in [5, 5.41) is 0.640. The van der Waals surface area contributed by atoms with Crippen LogP contribution < -0.4 is 4.72 Å². The lowest BCUT2D eigenvalue weighted by molar-refractivity contribution is 0.0984. The molecule has 0 saturated carbocycles. The van der Waals surface area contributed by atoms with E-state index in [0.29, 0.717) is 16.5 Å². The molecule has 0 fully saturated rings. The molecule has 0 unspecified atom stereocenters. The molecule has 0 heterocycles. The van der Waals surface area contributed by atoms with Crippen LogP contribution in [0.3, 0.4) is 0 Å². The summed E-state index contributed by atoms with van der Waals surface area (Å²) in [5.41, 5.74) is 0.635. The maximum Gasteiger partial charge on any atom is 0.261 e. The van der Waals surface area contributed by atoms with E-state index in [0.717, 1.165) is 5.75 Å². The number of benzene rings is 1. The minimum Gasteiger partial charge on any atom is -0.296 e. The van der Waals surface area contributed by atoms with Crippen LogP contribution in [0.5, 0.6) is 0 Å². The Morgan fingerprint density at radius 2 is 2.00 bits per heavy atom. The Balaban J connectivity index is 2.43. The highest BCUT2D eigenvalue weighted by molar-refractivity contribution is 7.97. The molecule has 1 aromatic rings. The zero-order valence-electron chi connectivity index (χ0n) is 8.79. The van der Waals surface area contributed by atoms with Gasteiger partial charge in [-0.2, -0.15) is 0 Å². The summed E-state index contributed by atoms with van der Waals surface area (Å²) < 4.78 is 2.78. The third-order valence-electron chi connectivity index (χ3n) is 1.69. The molecule has 1 amide bonds. The molecule has 1 rings (SSSR count). The minimum atomic E-state index is -0.0719. The third-order valence-corrected chi connectivity index (χ3v) is 3.10. The van der Waals surface area contributed by atoms with Gasteiger partial charge >= 0.3 is 0 Å². The second kappa shape index (κ2) is 6.03. The molecule has 0 aliphatic heterocycles. The van der Waals surface area contributed by atoms with Crippen molar-refractivity contribution < 1.29 is 4.79 Å². The predicted molar refractivity (Wildman–Crippen MR) is 66.2 cm³/mol. The van der Waals surface area contributed by atoms with Crippen molar-refractivity contribution in [3.8, 4) is 0 Å². The number of hydrogen-bond acceptors (Lipinski definition) is 2. The Labute approximate surface area is 99.5 Å². The smallest absolute Gasteiger partial charge is 0.261 e. The van der Waals surface area contributed by atoms with Crippen LogP contribution in [0, 0.1) is 5.92 Å². The summed E-state index contributed by atoms with van der Waals surface area (Å²) in [6.07, 6.45) is 0. The summed E-state index contributed by atoms with van der Waals surface area (Å²) in [6, 6.07) is 6.86. The highest BCUT2D eigenvalue weighted by atomic mass is 35.5. The number of carbonyl (C=O) groups excluding carboxylic acids is 1. The molecule has 0 radical (unpaired) electrons. The number of carbonyl (C=O) groups is 1. The van der Waals surface area contributed by atoms with E-state index in [9.17, 15) is 4.79 Å². The number of hydrogen-bond donors (Lipinski definition) is 1. The summed E-state index contributed by atoms with van der Waals surface area (Å²) in [7, 11) is 0. The van der Waals surface area contributed by atoms with Crippen molar-refractivity contribution in [2.45, 2.75) is 13.8 Å². The molecule has 0 aromatic heterocycles. The molecule has 4 heteroatoms. The van der Waals surface area contributed by atoms with Gasteiger partial charge in [0.15, 0.2) is 0 Å². The highest BCUT2D eigenvalue weighted by Gasteiger charge is 2.04. The van der Waals surface area contributed by atoms with Crippen molar-refractivity contribution in [2.75, 3.05) is 5.75 Å². The first-order chi connectivity index (χ1) is 7.09. The van der Waals surface area contributed by atoms with E-state index in [1.807, 2.05) is 0 Å². The van der Waals surface area contributed by atoms with Gasteiger partial charge in [0.2, 0.25) is 0 Å². The van der Waals surface area contributed by atoms with Gasteiger partial charge < -0.3 is 0 Å². The first-order valence-electron chi connectivity index (χ1n) is 4.77. The average molecular weight is 244 g/mol. The minimum absolute atomic E-state index is 0.0719. The normalized spacial score (nSPS) is 10.4. The van der Waals surface area contributed by atoms with E-state index in [4.69, 9.17) is 11.6 Å². The van der Waals surface area contributed by atoms with E-state index >= 15 is 0 Å². The molecule has 0 aliphatic rings. The zero-order chi connectivity index (χ0) is 11.3. The van der Waals surface area contributed by atoms with Crippen molar-refractivity contribution in [3.63, 3.8) is 0 Å². The quantitative estimate of drug-likeness (QED) is 0.822. The fourth-order valence-corrected chi connectivity index (χ4v) is 1.73. The maximum absolute atomic E-state index is 11.6. The second-order valence-electron chi connectivity index (χ2n) is 3.64. The second-order valence-corrected chi connectivity index (χ2v) is 4.91. The van der Waals surface area contributed by atoms with Crippen LogP contribution in [0.15, 0.2) is 24.3 Å². The van der Waals surface area contributed by atoms with Gasteiger partial charge in [-0.05, 0) is 42.1 Å². The van der Waals surface area contributed by atoms with Crippen LogP contribution in [-0.2, 0) is 0 Å². The first kappa shape index (κ1) is 12.4. The van der Waals surface area contributed by atoms with Gasteiger partial charge in [0.1, 0.15) is 0 Å². The Hall–Kier alpha value is -0.670. The van der Waals surface area contributed by atoms with Crippen LogP contribution in [0.2, 0.25) is 5.02 Å². The van der Waals surface area contributed by atoms with Crippen molar-refractivity contribution in [3.05, 3.63) is 34.9 Å². The number of nitrogens with one attached hydrogen (secondary N) is 1. The summed E-state index contributed by atoms with van der Waals surface area (Å²) in [5.74, 6) is 1.41. The van der Waals surface area contributed by atoms with Gasteiger partial charge in [-0.1, -0.05) is 25.4 Å². The summed E-state index contributed by atoms with van der Waals surface area (Å²) in [4.78, 5) is 11.6. The van der Waals surface area contributed by atoms with Crippen LogP contribution in [0.25, 0.3) is 0 Å². The maximum atomic E-state index is 11.6. The Kier molecular flexibility index (Phi) is 4.99. The van der Waals surface area contributed by atoms with Gasteiger partial charge in [0.25, 0.3) is 5.91 Å². The van der Waals surface area contributed by atoms with Crippen LogP contribution in [0.4, 0.5) is 0 Å². The SMILES string of the molecule is CC(C)CSNC(=O)c1ccc(Cl)cc1. The molecule has 82 valence electrons. The molecule has 0 aliphatic carbocycles. The van der Waals surface area contributed by atoms with Gasteiger partial charge in [-0.3, -0.25) is 9.52 Å². The van der Waals surface area contributed by atoms with Crippen LogP contribution >= 0.6 is 23.5 Å². The molecule has 1 aromatic carbocycles. The van der Waals surface area contributed by atoms with Gasteiger partial charge in [0, 0.05) is 16.3 Å². The monoisotopic (exact) mass is 243 g/mol. The molecule has 2 nitrogen and oxygen atoms in total. The van der Waals surface area contributed by atoms with Crippen molar-refractivity contribution >= 4 is 29.5 Å². The fraction of sp³-hybridized carbons (Fsp3) is 0.364. The third kappa shape index (κ3) is 4.58. The summed E-state index contributed by atoms with van der Waals surface area (Å²) in [6.45, 7) is 4.23. The number of amides is 1. The van der Waals surface area contributed by atoms with Crippen LogP contribution in [-0.4, -0.2) is 11.7 Å². The van der Waals surface area contributed by atoms with E-state index < -0.39 is 0 Å². The average Bonchev–Trinajstić information content (AvgIpc) is 2.18. The van der Waals surface area contributed by atoms with Gasteiger partial charge in [-0.25, -0.2) is 0 Å². The zero-order valence-corrected chi connectivity index (χ0v) is 10.4.